The third kappa shape index (κ3) is 8.96. The van der Waals surface area contributed by atoms with Crippen molar-refractivity contribution in [2.75, 3.05) is 33.5 Å². The third-order valence-corrected chi connectivity index (χ3v) is 3.25. The molecule has 137 valence electrons. The molecule has 9 heteroatoms. The minimum atomic E-state index is -0.422. The molecule has 2 unspecified atom stereocenters. The van der Waals surface area contributed by atoms with Crippen molar-refractivity contribution in [2.45, 2.75) is 12.2 Å². The Bertz CT molecular complexity index is 590. The molecule has 2 saturated heterocycles. The molecule has 1 aromatic rings. The average molecular weight is 611 g/mol. The van der Waals surface area contributed by atoms with Gasteiger partial charge in [0, 0.05) is 11.6 Å². The molecule has 0 saturated carbocycles. The summed E-state index contributed by atoms with van der Waals surface area (Å²) < 4.78 is 26.2. The maximum absolute atomic E-state index is 11.3. The molecule has 0 N–H and O–H groups in total. The molecule has 0 bridgehead atoms. The van der Waals surface area contributed by atoms with E-state index in [9.17, 15) is 4.79 Å². The average Bonchev–Trinajstić information content (AvgIpc) is 3.51. The molecule has 0 radical (unpaired) electrons. The molecule has 0 aromatic heterocycles. The molecule has 2 heterocycles. The van der Waals surface area contributed by atoms with Crippen molar-refractivity contribution in [3.8, 4) is 11.5 Å². The van der Waals surface area contributed by atoms with Gasteiger partial charge in [-0.1, -0.05) is 0 Å². The third-order valence-electron chi connectivity index (χ3n) is 3.25. The zero-order valence-corrected chi connectivity index (χ0v) is 19.2. The molecule has 1 aromatic carbocycles. The summed E-state index contributed by atoms with van der Waals surface area (Å²) in [6, 6.07) is 5.48. The summed E-state index contributed by atoms with van der Waals surface area (Å²) in [5.74, 6) is 0.954. The first kappa shape index (κ1) is 21.3. The SMILES string of the molecule is COC(=O)/C=C/c1cc(OCC2CO2)ccc1OCC1CO1.[I][V][I]. The topological polar surface area (TPSA) is 69.8 Å². The fourth-order valence-electron chi connectivity index (χ4n) is 1.80. The fraction of sp³-hybridized carbons (Fsp3) is 0.438. The second-order valence-electron chi connectivity index (χ2n) is 5.15. The first-order chi connectivity index (χ1) is 12.2. The van der Waals surface area contributed by atoms with Gasteiger partial charge in [0.25, 0.3) is 0 Å². The Kier molecular flexibility index (Phi) is 9.93. The Morgan fingerprint density at radius 3 is 2.40 bits per heavy atom. The van der Waals surface area contributed by atoms with Crippen molar-refractivity contribution in [3.05, 3.63) is 29.8 Å². The molecule has 2 aliphatic rings. The van der Waals surface area contributed by atoms with E-state index in [1.807, 2.05) is 18.2 Å². The Hall–Kier alpha value is -0.00558. The maximum atomic E-state index is 11.3. The van der Waals surface area contributed by atoms with Crippen molar-refractivity contribution in [1.82, 2.24) is 0 Å². The van der Waals surface area contributed by atoms with Crippen LogP contribution in [0.2, 0.25) is 0 Å². The van der Waals surface area contributed by atoms with Gasteiger partial charge < -0.3 is 23.7 Å². The predicted octanol–water partition coefficient (Wildman–Crippen LogP) is 3.20. The quantitative estimate of drug-likeness (QED) is 0.195. The van der Waals surface area contributed by atoms with Gasteiger partial charge >= 0.3 is 55.4 Å². The van der Waals surface area contributed by atoms with Gasteiger partial charge in [-0.25, -0.2) is 4.79 Å². The van der Waals surface area contributed by atoms with Crippen LogP contribution in [0, 0.1) is 0 Å². The van der Waals surface area contributed by atoms with Crippen LogP contribution in [0.15, 0.2) is 24.3 Å². The van der Waals surface area contributed by atoms with Crippen LogP contribution < -0.4 is 9.47 Å². The van der Waals surface area contributed by atoms with Crippen LogP contribution in [-0.2, 0) is 28.5 Å². The first-order valence-electron chi connectivity index (χ1n) is 7.47. The number of esters is 1. The predicted molar refractivity (Wildman–Crippen MR) is 106 cm³/mol. The van der Waals surface area contributed by atoms with Crippen LogP contribution in [0.1, 0.15) is 5.56 Å². The van der Waals surface area contributed by atoms with E-state index in [0.717, 1.165) is 18.8 Å². The van der Waals surface area contributed by atoms with E-state index in [0.29, 0.717) is 34.2 Å². The normalized spacial score (nSPS) is 20.3. The molecule has 2 atom stereocenters. The number of hydrogen-bond acceptors (Lipinski definition) is 6. The molecule has 0 amide bonds. The molecular formula is C16H18I2O6V. The second kappa shape index (κ2) is 11.7. The molecule has 2 aliphatic heterocycles. The number of methoxy groups -OCH3 is 1. The monoisotopic (exact) mass is 611 g/mol. The summed E-state index contributed by atoms with van der Waals surface area (Å²) in [5.41, 5.74) is 0.750. The van der Waals surface area contributed by atoms with Gasteiger partial charge in [0.05, 0.1) is 20.3 Å². The molecule has 0 spiro atoms. The van der Waals surface area contributed by atoms with Crippen LogP contribution in [-0.4, -0.2) is 51.7 Å². The summed E-state index contributed by atoms with van der Waals surface area (Å²) >= 11 is 4.74. The van der Waals surface area contributed by atoms with Gasteiger partial charge in [0.2, 0.25) is 0 Å². The Morgan fingerprint density at radius 1 is 1.24 bits per heavy atom. The van der Waals surface area contributed by atoms with E-state index in [4.69, 9.17) is 18.9 Å². The van der Waals surface area contributed by atoms with Gasteiger partial charge in [-0.2, -0.15) is 0 Å². The Morgan fingerprint density at radius 2 is 1.84 bits per heavy atom. The minimum absolute atomic E-state index is 0.167. The van der Waals surface area contributed by atoms with Gasteiger partial charge in [0.15, 0.2) is 0 Å². The van der Waals surface area contributed by atoms with E-state index in [1.54, 1.807) is 6.08 Å². The molecule has 6 nitrogen and oxygen atoms in total. The number of epoxide rings is 2. The molecule has 0 aliphatic carbocycles. The number of carbonyl (C=O) groups excluding carboxylic acids is 1. The number of carbonyl (C=O) groups is 1. The van der Waals surface area contributed by atoms with Gasteiger partial charge in [-0.3, -0.25) is 0 Å². The van der Waals surface area contributed by atoms with E-state index < -0.39 is 5.97 Å². The molecule has 3 rings (SSSR count). The number of rotatable bonds is 8. The van der Waals surface area contributed by atoms with Crippen LogP contribution in [0.3, 0.4) is 0 Å². The number of ether oxygens (including phenoxy) is 5. The standard InChI is InChI=1S/C16H18O6.2HI.V/c1-18-16(17)5-2-11-6-12(19-7-13-8-20-13)3-4-15(11)22-10-14-9-21-14;;;/h2-6,13-14H,7-10H2,1H3;2*1H;/q;;;+2/p-2/b5-2+;;;. The van der Waals surface area contributed by atoms with E-state index in [1.165, 1.54) is 13.2 Å². The van der Waals surface area contributed by atoms with Crippen molar-refractivity contribution in [2.24, 2.45) is 0 Å². The number of hydrogen-bond donors (Lipinski definition) is 0. The second-order valence-corrected chi connectivity index (χ2v) is 16.9. The summed E-state index contributed by atoms with van der Waals surface area (Å²) in [7, 11) is 1.96. The summed E-state index contributed by atoms with van der Waals surface area (Å²) in [5, 5.41) is 0. The van der Waals surface area contributed by atoms with Gasteiger partial charge in [0.1, 0.15) is 36.9 Å². The van der Waals surface area contributed by atoms with Crippen molar-refractivity contribution in [1.29, 1.82) is 0 Å². The Balaban J connectivity index is 0.000000701. The number of halogens is 2. The zero-order chi connectivity index (χ0) is 18.1. The van der Waals surface area contributed by atoms with Crippen LogP contribution in [0.4, 0.5) is 0 Å². The fourth-order valence-corrected chi connectivity index (χ4v) is 1.80. The van der Waals surface area contributed by atoms with E-state index in [2.05, 4.69) is 44.7 Å². The Labute approximate surface area is 175 Å². The van der Waals surface area contributed by atoms with Crippen LogP contribution in [0.5, 0.6) is 11.5 Å². The van der Waals surface area contributed by atoms with Crippen molar-refractivity contribution in [3.63, 3.8) is 0 Å². The molecular weight excluding hydrogens is 593 g/mol. The van der Waals surface area contributed by atoms with Crippen LogP contribution >= 0.6 is 40.0 Å². The van der Waals surface area contributed by atoms with Gasteiger partial charge in [-0.15, -0.1) is 0 Å². The van der Waals surface area contributed by atoms with E-state index in [-0.39, 0.29) is 12.2 Å². The zero-order valence-electron chi connectivity index (χ0n) is 13.5. The molecule has 2 fully saturated rings. The van der Waals surface area contributed by atoms with Crippen molar-refractivity contribution >= 4 is 52.0 Å². The summed E-state index contributed by atoms with van der Waals surface area (Å²) in [6.45, 7) is 2.50. The summed E-state index contributed by atoms with van der Waals surface area (Å²) in [4.78, 5) is 11.3. The van der Waals surface area contributed by atoms with E-state index >= 15 is 0 Å². The van der Waals surface area contributed by atoms with Crippen molar-refractivity contribution < 1.29 is 37.9 Å². The van der Waals surface area contributed by atoms with Gasteiger partial charge in [-0.05, 0) is 24.3 Å². The first-order valence-corrected chi connectivity index (χ1v) is 16.5. The number of benzene rings is 1. The van der Waals surface area contributed by atoms with Crippen LogP contribution in [0.25, 0.3) is 6.08 Å². The molecule has 25 heavy (non-hydrogen) atoms. The summed E-state index contributed by atoms with van der Waals surface area (Å²) in [6.07, 6.45) is 3.36.